The van der Waals surface area contributed by atoms with Gasteiger partial charge in [0.05, 0.1) is 11.7 Å². The molecule has 0 aromatic rings. The van der Waals surface area contributed by atoms with Crippen molar-refractivity contribution in [1.82, 2.24) is 4.90 Å². The van der Waals surface area contributed by atoms with Gasteiger partial charge in [0.1, 0.15) is 0 Å². The van der Waals surface area contributed by atoms with Crippen LogP contribution in [0.1, 0.15) is 20.8 Å². The average Bonchev–Trinajstić information content (AvgIpc) is 1.94. The summed E-state index contributed by atoms with van der Waals surface area (Å²) in [6.07, 6.45) is -0.938. The van der Waals surface area contributed by atoms with Gasteiger partial charge in [-0.2, -0.15) is 0 Å². The molecule has 0 heterocycles. The summed E-state index contributed by atoms with van der Waals surface area (Å²) >= 11 is 4.38. The van der Waals surface area contributed by atoms with Gasteiger partial charge in [0.2, 0.25) is 0 Å². The fourth-order valence-electron chi connectivity index (χ4n) is 0.914. The molecule has 0 bridgehead atoms. The van der Waals surface area contributed by atoms with Crippen molar-refractivity contribution >= 4 is 23.5 Å². The summed E-state index contributed by atoms with van der Waals surface area (Å²) in [6, 6.07) is 0. The number of rotatable bonds is 3. The number of thiocarbonyl (C=S) groups is 1. The molecule has 0 rings (SSSR count). The van der Waals surface area contributed by atoms with E-state index in [-0.39, 0.29) is 0 Å². The molecule has 0 aliphatic rings. The Kier molecular flexibility index (Phi) is 4.59. The van der Waals surface area contributed by atoms with Crippen molar-refractivity contribution < 1.29 is 9.90 Å². The molecule has 5 heteroatoms. The molecule has 0 fully saturated rings. The van der Waals surface area contributed by atoms with Gasteiger partial charge in [-0.15, -0.1) is 0 Å². The van der Waals surface area contributed by atoms with Crippen LogP contribution in [0.3, 0.4) is 0 Å². The summed E-state index contributed by atoms with van der Waals surface area (Å²) in [5.74, 6) is 0. The standard InChI is InChI=1S/C8H14N2O2S/c1-8(2,3)10(7(11)12)5-4-9-6-13/h4-5H2,1-3H3,(H,11,12). The molecule has 74 valence electrons. The van der Waals surface area contributed by atoms with Crippen LogP contribution in [0.2, 0.25) is 0 Å². The highest BCUT2D eigenvalue weighted by molar-refractivity contribution is 7.78. The fourth-order valence-corrected chi connectivity index (χ4v) is 1.00. The van der Waals surface area contributed by atoms with Crippen molar-refractivity contribution in [1.29, 1.82) is 0 Å². The van der Waals surface area contributed by atoms with Crippen molar-refractivity contribution in [3.05, 3.63) is 0 Å². The third-order valence-electron chi connectivity index (χ3n) is 1.54. The summed E-state index contributed by atoms with van der Waals surface area (Å²) < 4.78 is 0. The van der Waals surface area contributed by atoms with Crippen LogP contribution in [0.5, 0.6) is 0 Å². The zero-order chi connectivity index (χ0) is 10.5. The number of hydrogen-bond donors (Lipinski definition) is 1. The quantitative estimate of drug-likeness (QED) is 0.561. The summed E-state index contributed by atoms with van der Waals surface area (Å²) in [7, 11) is 0. The second-order valence-corrected chi connectivity index (χ2v) is 3.76. The van der Waals surface area contributed by atoms with E-state index in [2.05, 4.69) is 22.4 Å². The van der Waals surface area contributed by atoms with Crippen LogP contribution in [0.25, 0.3) is 0 Å². The lowest BCUT2D eigenvalue weighted by Gasteiger charge is -2.32. The lowest BCUT2D eigenvalue weighted by Crippen LogP contribution is -2.46. The first kappa shape index (κ1) is 12.1. The zero-order valence-electron chi connectivity index (χ0n) is 8.07. The molecule has 0 atom stereocenters. The van der Waals surface area contributed by atoms with Crippen molar-refractivity contribution in [2.45, 2.75) is 26.3 Å². The van der Waals surface area contributed by atoms with E-state index in [0.29, 0.717) is 13.1 Å². The van der Waals surface area contributed by atoms with Gasteiger partial charge in [0.25, 0.3) is 0 Å². The SMILES string of the molecule is CC(C)(C)N(CCN=C=S)C(=O)O. The highest BCUT2D eigenvalue weighted by Crippen LogP contribution is 2.12. The molecule has 1 amide bonds. The zero-order valence-corrected chi connectivity index (χ0v) is 8.89. The van der Waals surface area contributed by atoms with Gasteiger partial charge >= 0.3 is 6.09 Å². The topological polar surface area (TPSA) is 52.9 Å². The van der Waals surface area contributed by atoms with E-state index in [9.17, 15) is 4.79 Å². The van der Waals surface area contributed by atoms with Gasteiger partial charge < -0.3 is 10.0 Å². The van der Waals surface area contributed by atoms with Crippen LogP contribution in [0, 0.1) is 0 Å². The minimum absolute atomic E-state index is 0.350. The highest BCUT2D eigenvalue weighted by atomic mass is 32.1. The molecule has 1 N–H and O–H groups in total. The van der Waals surface area contributed by atoms with Gasteiger partial charge in [-0.25, -0.2) is 9.79 Å². The monoisotopic (exact) mass is 202 g/mol. The van der Waals surface area contributed by atoms with E-state index < -0.39 is 11.6 Å². The maximum absolute atomic E-state index is 10.8. The molecule has 0 saturated heterocycles. The Balaban J connectivity index is 4.28. The van der Waals surface area contributed by atoms with E-state index in [1.165, 1.54) is 4.90 Å². The number of amides is 1. The molecule has 0 spiro atoms. The maximum Gasteiger partial charge on any atom is 0.407 e. The Labute approximate surface area is 83.3 Å². The normalized spacial score (nSPS) is 10.4. The Morgan fingerprint density at radius 3 is 2.46 bits per heavy atom. The van der Waals surface area contributed by atoms with Gasteiger partial charge in [-0.05, 0) is 33.0 Å². The molecule has 4 nitrogen and oxygen atoms in total. The smallest absolute Gasteiger partial charge is 0.407 e. The Morgan fingerprint density at radius 1 is 1.62 bits per heavy atom. The van der Waals surface area contributed by atoms with Crippen molar-refractivity contribution in [2.75, 3.05) is 13.1 Å². The number of carbonyl (C=O) groups is 1. The van der Waals surface area contributed by atoms with Crippen LogP contribution in [-0.4, -0.2) is 39.9 Å². The molecular formula is C8H14N2O2S. The van der Waals surface area contributed by atoms with Gasteiger partial charge in [0.15, 0.2) is 0 Å². The summed E-state index contributed by atoms with van der Waals surface area (Å²) in [4.78, 5) is 15.8. The van der Waals surface area contributed by atoms with Gasteiger partial charge in [-0.3, -0.25) is 0 Å². The first-order valence-corrected chi connectivity index (χ1v) is 4.34. The molecule has 0 aliphatic carbocycles. The summed E-state index contributed by atoms with van der Waals surface area (Å²) in [5, 5.41) is 11.0. The summed E-state index contributed by atoms with van der Waals surface area (Å²) in [5.41, 5.74) is -0.400. The van der Waals surface area contributed by atoms with E-state index in [1.807, 2.05) is 20.8 Å². The Morgan fingerprint density at radius 2 is 2.15 bits per heavy atom. The lowest BCUT2D eigenvalue weighted by atomic mass is 10.1. The predicted molar refractivity (Wildman–Crippen MR) is 54.4 cm³/mol. The first-order chi connectivity index (χ1) is 5.89. The third-order valence-corrected chi connectivity index (χ3v) is 1.67. The van der Waals surface area contributed by atoms with Gasteiger partial charge in [0, 0.05) is 12.1 Å². The van der Waals surface area contributed by atoms with Crippen LogP contribution in [-0.2, 0) is 0 Å². The fraction of sp³-hybridized carbons (Fsp3) is 0.750. The number of aliphatic imine (C=N–C) groups is 1. The molecular weight excluding hydrogens is 188 g/mol. The van der Waals surface area contributed by atoms with E-state index in [1.54, 1.807) is 0 Å². The van der Waals surface area contributed by atoms with Crippen molar-refractivity contribution in [3.8, 4) is 0 Å². The first-order valence-electron chi connectivity index (χ1n) is 3.94. The van der Waals surface area contributed by atoms with E-state index in [0.717, 1.165) is 0 Å². The molecule has 0 saturated carbocycles. The number of isothiocyanates is 1. The molecule has 0 aromatic carbocycles. The number of nitrogens with zero attached hydrogens (tertiary/aromatic N) is 2. The molecule has 0 unspecified atom stereocenters. The van der Waals surface area contributed by atoms with Crippen LogP contribution < -0.4 is 0 Å². The molecule has 13 heavy (non-hydrogen) atoms. The molecule has 0 aliphatic heterocycles. The van der Waals surface area contributed by atoms with Crippen LogP contribution in [0.15, 0.2) is 4.99 Å². The second-order valence-electron chi connectivity index (χ2n) is 3.58. The highest BCUT2D eigenvalue weighted by Gasteiger charge is 2.25. The molecule has 0 radical (unpaired) electrons. The molecule has 0 aromatic heterocycles. The number of hydrogen-bond acceptors (Lipinski definition) is 3. The minimum Gasteiger partial charge on any atom is -0.465 e. The van der Waals surface area contributed by atoms with Crippen molar-refractivity contribution in [3.63, 3.8) is 0 Å². The van der Waals surface area contributed by atoms with Crippen molar-refractivity contribution in [2.24, 2.45) is 4.99 Å². The lowest BCUT2D eigenvalue weighted by molar-refractivity contribution is 0.103. The summed E-state index contributed by atoms with van der Waals surface area (Å²) in [6.45, 7) is 6.22. The van der Waals surface area contributed by atoms with E-state index in [4.69, 9.17) is 5.11 Å². The maximum atomic E-state index is 10.8. The number of carboxylic acid groups (broad SMARTS) is 1. The van der Waals surface area contributed by atoms with E-state index >= 15 is 0 Å². The Bertz CT molecular complexity index is 229. The third kappa shape index (κ3) is 4.60. The minimum atomic E-state index is -0.938. The largest absolute Gasteiger partial charge is 0.465 e. The average molecular weight is 202 g/mol. The van der Waals surface area contributed by atoms with Crippen LogP contribution >= 0.6 is 12.2 Å². The van der Waals surface area contributed by atoms with Gasteiger partial charge in [-0.1, -0.05) is 0 Å². The second kappa shape index (κ2) is 4.94. The predicted octanol–water partition coefficient (Wildman–Crippen LogP) is 1.87. The Hall–Kier alpha value is -0.930. The van der Waals surface area contributed by atoms with Crippen LogP contribution in [0.4, 0.5) is 4.79 Å².